The lowest BCUT2D eigenvalue weighted by molar-refractivity contribution is -0.870. The summed E-state index contributed by atoms with van der Waals surface area (Å²) in [6.45, 7) is 4.72. The van der Waals surface area contributed by atoms with Crippen LogP contribution in [0.2, 0.25) is 0 Å². The average molecular weight is 855 g/mol. The van der Waals surface area contributed by atoms with Crippen LogP contribution in [0.4, 0.5) is 0 Å². The molecule has 0 bridgehead atoms. The van der Waals surface area contributed by atoms with Crippen LogP contribution in [-0.2, 0) is 18.4 Å². The van der Waals surface area contributed by atoms with Crippen LogP contribution in [0.25, 0.3) is 0 Å². The molecule has 0 heterocycles. The molecule has 0 fully saturated rings. The highest BCUT2D eigenvalue weighted by molar-refractivity contribution is 7.45. The van der Waals surface area contributed by atoms with Gasteiger partial charge in [0, 0.05) is 6.42 Å². The van der Waals surface area contributed by atoms with Crippen LogP contribution in [0.15, 0.2) is 24.3 Å². The van der Waals surface area contributed by atoms with Gasteiger partial charge >= 0.3 is 0 Å². The molecule has 0 aliphatic carbocycles. The zero-order chi connectivity index (χ0) is 43.6. The maximum Gasteiger partial charge on any atom is 0.268 e. The molecule has 350 valence electrons. The highest BCUT2D eigenvalue weighted by Gasteiger charge is 2.24. The Kier molecular flexibility index (Phi) is 41.6. The number of hydrogen-bond donors (Lipinski definition) is 2. The van der Waals surface area contributed by atoms with Crippen LogP contribution >= 0.6 is 7.82 Å². The van der Waals surface area contributed by atoms with E-state index < -0.39 is 20.0 Å². The van der Waals surface area contributed by atoms with Gasteiger partial charge in [0.15, 0.2) is 0 Å². The Balaban J connectivity index is 4.17. The van der Waals surface area contributed by atoms with Crippen molar-refractivity contribution in [2.75, 3.05) is 40.9 Å². The lowest BCUT2D eigenvalue weighted by atomic mass is 10.0. The number of phosphoric ester groups is 1. The number of nitrogens with one attached hydrogen (secondary N) is 1. The Bertz CT molecular complexity index is 1020. The highest BCUT2D eigenvalue weighted by atomic mass is 31.2. The molecule has 0 aliphatic rings. The number of aliphatic hydroxyl groups is 1. The molecule has 9 heteroatoms. The van der Waals surface area contributed by atoms with E-state index in [9.17, 15) is 19.4 Å². The smallest absolute Gasteiger partial charge is 0.268 e. The Morgan fingerprint density at radius 1 is 0.593 bits per heavy atom. The van der Waals surface area contributed by atoms with Crippen molar-refractivity contribution in [1.29, 1.82) is 0 Å². The fourth-order valence-electron chi connectivity index (χ4n) is 7.42. The van der Waals surface area contributed by atoms with Crippen molar-refractivity contribution < 1.29 is 32.9 Å². The molecule has 0 aliphatic heterocycles. The number of aliphatic hydroxyl groups excluding tert-OH is 1. The minimum absolute atomic E-state index is 0.0120. The van der Waals surface area contributed by atoms with Gasteiger partial charge in [0.05, 0.1) is 39.9 Å². The zero-order valence-corrected chi connectivity index (χ0v) is 40.6. The fraction of sp³-hybridized carbons (Fsp3) is 0.900. The van der Waals surface area contributed by atoms with E-state index in [1.54, 1.807) is 0 Å². The molecule has 0 aromatic rings. The summed E-state index contributed by atoms with van der Waals surface area (Å²) in [5, 5.41) is 13.9. The molecule has 0 spiro atoms. The molecular weight excluding hydrogens is 756 g/mol. The average Bonchev–Trinajstić information content (AvgIpc) is 3.19. The van der Waals surface area contributed by atoms with Gasteiger partial charge in [-0.2, -0.15) is 0 Å². The second-order valence-electron chi connectivity index (χ2n) is 18.5. The Hall–Kier alpha value is -1.02. The predicted octanol–water partition coefficient (Wildman–Crippen LogP) is 13.8. The first-order chi connectivity index (χ1) is 28.5. The van der Waals surface area contributed by atoms with Gasteiger partial charge in [-0.1, -0.05) is 212 Å². The SMILES string of the molecule is CCCCCCCCCCC/C=C\C/C=C\CCCCCCCCCCCC(=O)NC(COP(=O)([O-])OCC[N+](C)(C)C)C(O)CCCCCCCCCCCCCC. The number of rotatable bonds is 46. The topological polar surface area (TPSA) is 108 Å². The third-order valence-corrected chi connectivity index (χ3v) is 12.4. The normalized spacial score (nSPS) is 14.4. The summed E-state index contributed by atoms with van der Waals surface area (Å²) < 4.78 is 23.3. The molecule has 0 radical (unpaired) electrons. The van der Waals surface area contributed by atoms with E-state index in [4.69, 9.17) is 9.05 Å². The Morgan fingerprint density at radius 3 is 1.41 bits per heavy atom. The van der Waals surface area contributed by atoms with Gasteiger partial charge < -0.3 is 28.8 Å². The molecule has 0 saturated carbocycles. The van der Waals surface area contributed by atoms with Crippen molar-refractivity contribution in [2.45, 2.75) is 251 Å². The van der Waals surface area contributed by atoms with E-state index in [1.807, 2.05) is 21.1 Å². The van der Waals surface area contributed by atoms with Gasteiger partial charge in [0.25, 0.3) is 7.82 Å². The van der Waals surface area contributed by atoms with Gasteiger partial charge in [0.2, 0.25) is 5.91 Å². The van der Waals surface area contributed by atoms with Crippen LogP contribution in [0.1, 0.15) is 239 Å². The van der Waals surface area contributed by atoms with Crippen molar-refractivity contribution in [1.82, 2.24) is 5.32 Å². The van der Waals surface area contributed by atoms with Crippen LogP contribution in [0, 0.1) is 0 Å². The van der Waals surface area contributed by atoms with Crippen LogP contribution in [0.5, 0.6) is 0 Å². The van der Waals surface area contributed by atoms with E-state index in [-0.39, 0.29) is 19.1 Å². The maximum atomic E-state index is 12.9. The first-order valence-corrected chi connectivity index (χ1v) is 26.6. The second kappa shape index (κ2) is 42.3. The molecular formula is C50H99N2O6P. The van der Waals surface area contributed by atoms with Gasteiger partial charge in [-0.05, 0) is 44.9 Å². The molecule has 0 saturated heterocycles. The predicted molar refractivity (Wildman–Crippen MR) is 252 cm³/mol. The summed E-state index contributed by atoms with van der Waals surface area (Å²) in [7, 11) is 1.30. The summed E-state index contributed by atoms with van der Waals surface area (Å²) in [6, 6.07) is -0.800. The number of hydrogen-bond acceptors (Lipinski definition) is 6. The molecule has 8 nitrogen and oxygen atoms in total. The number of quaternary nitrogens is 1. The highest BCUT2D eigenvalue weighted by Crippen LogP contribution is 2.38. The summed E-state index contributed by atoms with van der Waals surface area (Å²) in [4.78, 5) is 25.4. The standard InChI is InChI=1S/C50H99N2O6P/c1-6-8-10-12-14-16-18-20-21-22-23-24-25-26-27-28-29-30-31-32-34-36-38-40-42-44-50(54)51-48(47-58-59(55,56)57-46-45-52(3,4)5)49(53)43-41-39-37-35-33-19-17-15-13-11-9-7-2/h23-24,26-27,48-49,53H,6-22,25,28-47H2,1-5H3,(H-,51,54,55,56)/b24-23-,27-26-. The molecule has 0 aromatic heterocycles. The van der Waals surface area contributed by atoms with Crippen molar-refractivity contribution in [3.05, 3.63) is 24.3 Å². The van der Waals surface area contributed by atoms with E-state index in [0.717, 1.165) is 44.9 Å². The summed E-state index contributed by atoms with van der Waals surface area (Å²) >= 11 is 0. The number of unbranched alkanes of at least 4 members (excludes halogenated alkanes) is 29. The lowest BCUT2D eigenvalue weighted by Crippen LogP contribution is -2.46. The number of likely N-dealkylation sites (N-methyl/N-ethyl adjacent to an activating group) is 1. The van der Waals surface area contributed by atoms with Crippen LogP contribution in [-0.4, -0.2) is 68.5 Å². The van der Waals surface area contributed by atoms with E-state index in [0.29, 0.717) is 23.9 Å². The number of phosphoric acid groups is 1. The molecule has 3 unspecified atom stereocenters. The third-order valence-electron chi connectivity index (χ3n) is 11.4. The molecule has 0 rings (SSSR count). The molecule has 2 N–H and O–H groups in total. The minimum Gasteiger partial charge on any atom is -0.756 e. The summed E-state index contributed by atoms with van der Waals surface area (Å²) in [5.74, 6) is -0.168. The molecule has 59 heavy (non-hydrogen) atoms. The number of carbonyl (C=O) groups excluding carboxylic acids is 1. The number of allylic oxidation sites excluding steroid dienone is 4. The first kappa shape index (κ1) is 58.0. The number of nitrogens with zero attached hydrogens (tertiary/aromatic N) is 1. The van der Waals surface area contributed by atoms with Crippen molar-refractivity contribution >= 4 is 13.7 Å². The molecule has 3 atom stereocenters. The van der Waals surface area contributed by atoms with Gasteiger partial charge in [0.1, 0.15) is 13.2 Å². The summed E-state index contributed by atoms with van der Waals surface area (Å²) in [5.41, 5.74) is 0. The third kappa shape index (κ3) is 44.8. The number of carbonyl (C=O) groups is 1. The van der Waals surface area contributed by atoms with Gasteiger partial charge in [-0.3, -0.25) is 9.36 Å². The van der Waals surface area contributed by atoms with Crippen molar-refractivity contribution in [3.63, 3.8) is 0 Å². The van der Waals surface area contributed by atoms with Crippen molar-refractivity contribution in [3.8, 4) is 0 Å². The monoisotopic (exact) mass is 855 g/mol. The quantitative estimate of drug-likeness (QED) is 0.0273. The summed E-state index contributed by atoms with van der Waals surface area (Å²) in [6.07, 6.45) is 50.5. The van der Waals surface area contributed by atoms with E-state index in [2.05, 4.69) is 43.5 Å². The van der Waals surface area contributed by atoms with Crippen LogP contribution in [0.3, 0.4) is 0 Å². The maximum absolute atomic E-state index is 12.9. The molecule has 0 aromatic carbocycles. The van der Waals surface area contributed by atoms with Crippen LogP contribution < -0.4 is 10.2 Å². The van der Waals surface area contributed by atoms with E-state index >= 15 is 0 Å². The lowest BCUT2D eigenvalue weighted by Gasteiger charge is -2.30. The van der Waals surface area contributed by atoms with E-state index in [1.165, 1.54) is 167 Å². The van der Waals surface area contributed by atoms with Gasteiger partial charge in [-0.15, -0.1) is 0 Å². The minimum atomic E-state index is -4.56. The largest absolute Gasteiger partial charge is 0.756 e. The van der Waals surface area contributed by atoms with Gasteiger partial charge in [-0.25, -0.2) is 0 Å². The van der Waals surface area contributed by atoms with Crippen molar-refractivity contribution in [2.24, 2.45) is 0 Å². The Labute approximate surface area is 366 Å². The molecule has 1 amide bonds. The zero-order valence-electron chi connectivity index (χ0n) is 39.7. The fourth-order valence-corrected chi connectivity index (χ4v) is 8.15. The Morgan fingerprint density at radius 2 is 0.983 bits per heavy atom. The number of amides is 1. The first-order valence-electron chi connectivity index (χ1n) is 25.2. The second-order valence-corrected chi connectivity index (χ2v) is 19.9.